The van der Waals surface area contributed by atoms with Crippen molar-refractivity contribution in [2.45, 2.75) is 32.7 Å². The predicted molar refractivity (Wildman–Crippen MR) is 92.8 cm³/mol. The molecular formula is C18H33N3. The molecule has 0 bridgehead atoms. The minimum absolute atomic E-state index is 0.436. The smallest absolute Gasteiger partial charge is 0.0449 e. The van der Waals surface area contributed by atoms with Crippen molar-refractivity contribution in [1.29, 1.82) is 0 Å². The molecule has 120 valence electrons. The van der Waals surface area contributed by atoms with Crippen LogP contribution in [0.25, 0.3) is 0 Å². The van der Waals surface area contributed by atoms with Crippen molar-refractivity contribution in [2.75, 3.05) is 46.8 Å². The average Bonchev–Trinajstić information content (AvgIpc) is 2.50. The van der Waals surface area contributed by atoms with Crippen LogP contribution in [-0.2, 0) is 0 Å². The second kappa shape index (κ2) is 10.8. The summed E-state index contributed by atoms with van der Waals surface area (Å²) in [7, 11) is 4.29. The Hall–Kier alpha value is -0.900. The molecule has 1 aromatic rings. The lowest BCUT2D eigenvalue weighted by atomic mass is 10.1. The molecule has 3 heteroatoms. The van der Waals surface area contributed by atoms with Crippen LogP contribution >= 0.6 is 0 Å². The molecule has 1 aromatic carbocycles. The lowest BCUT2D eigenvalue weighted by Crippen LogP contribution is -2.36. The highest BCUT2D eigenvalue weighted by Crippen LogP contribution is 2.14. The van der Waals surface area contributed by atoms with Crippen LogP contribution in [0.15, 0.2) is 30.3 Å². The van der Waals surface area contributed by atoms with Crippen molar-refractivity contribution in [3.63, 3.8) is 0 Å². The zero-order chi connectivity index (χ0) is 15.5. The molecule has 3 nitrogen and oxygen atoms in total. The minimum atomic E-state index is 0.436. The van der Waals surface area contributed by atoms with Crippen molar-refractivity contribution in [3.05, 3.63) is 35.9 Å². The third-order valence-electron chi connectivity index (χ3n) is 3.81. The largest absolute Gasteiger partial charge is 0.309 e. The third-order valence-corrected chi connectivity index (χ3v) is 3.81. The molecule has 0 aliphatic carbocycles. The van der Waals surface area contributed by atoms with Crippen LogP contribution in [0.4, 0.5) is 0 Å². The van der Waals surface area contributed by atoms with Gasteiger partial charge >= 0.3 is 0 Å². The van der Waals surface area contributed by atoms with E-state index in [0.717, 1.165) is 26.2 Å². The highest BCUT2D eigenvalue weighted by Gasteiger charge is 2.14. The molecule has 0 radical (unpaired) electrons. The van der Waals surface area contributed by atoms with E-state index in [4.69, 9.17) is 0 Å². The van der Waals surface area contributed by atoms with Gasteiger partial charge in [0.15, 0.2) is 0 Å². The maximum absolute atomic E-state index is 3.70. The number of nitrogens with zero attached hydrogens (tertiary/aromatic N) is 2. The first kappa shape index (κ1) is 18.1. The van der Waals surface area contributed by atoms with E-state index in [9.17, 15) is 0 Å². The van der Waals surface area contributed by atoms with Crippen molar-refractivity contribution in [2.24, 2.45) is 0 Å². The van der Waals surface area contributed by atoms with E-state index in [1.807, 2.05) is 0 Å². The molecule has 1 unspecified atom stereocenters. The van der Waals surface area contributed by atoms with Crippen LogP contribution in [0.2, 0.25) is 0 Å². The Bertz CT molecular complexity index is 351. The fraction of sp³-hybridized carbons (Fsp3) is 0.667. The zero-order valence-corrected chi connectivity index (χ0v) is 14.3. The summed E-state index contributed by atoms with van der Waals surface area (Å²) in [5.74, 6) is 0. The van der Waals surface area contributed by atoms with Gasteiger partial charge in [0.05, 0.1) is 0 Å². The summed E-state index contributed by atoms with van der Waals surface area (Å²) >= 11 is 0. The van der Waals surface area contributed by atoms with Gasteiger partial charge in [-0.05, 0) is 58.7 Å². The average molecular weight is 291 g/mol. The van der Waals surface area contributed by atoms with Crippen LogP contribution in [0, 0.1) is 0 Å². The van der Waals surface area contributed by atoms with Crippen molar-refractivity contribution in [3.8, 4) is 0 Å². The van der Waals surface area contributed by atoms with Crippen LogP contribution < -0.4 is 5.32 Å². The van der Waals surface area contributed by atoms with Gasteiger partial charge in [-0.15, -0.1) is 0 Å². The van der Waals surface area contributed by atoms with Crippen LogP contribution in [-0.4, -0.2) is 56.6 Å². The highest BCUT2D eigenvalue weighted by atomic mass is 15.1. The standard InChI is InChI=1S/C18H33N3/c1-5-13-19-18(17-11-8-7-9-12-17)16-21(6-2)15-10-14-20(3)4/h7-9,11-12,18-19H,5-6,10,13-16H2,1-4H3. The first-order valence-corrected chi connectivity index (χ1v) is 8.32. The Labute approximate surface area is 131 Å². The van der Waals surface area contributed by atoms with E-state index < -0.39 is 0 Å². The maximum Gasteiger partial charge on any atom is 0.0449 e. The Balaban J connectivity index is 2.56. The fourth-order valence-electron chi connectivity index (χ4n) is 2.54. The van der Waals surface area contributed by atoms with Gasteiger partial charge in [-0.2, -0.15) is 0 Å². The molecule has 0 aliphatic rings. The number of likely N-dealkylation sites (N-methyl/N-ethyl adjacent to an activating group) is 1. The molecule has 0 saturated carbocycles. The summed E-state index contributed by atoms with van der Waals surface area (Å²) < 4.78 is 0. The van der Waals surface area contributed by atoms with Crippen LogP contribution in [0.3, 0.4) is 0 Å². The van der Waals surface area contributed by atoms with Crippen molar-refractivity contribution >= 4 is 0 Å². The molecule has 0 heterocycles. The van der Waals surface area contributed by atoms with Crippen molar-refractivity contribution < 1.29 is 0 Å². The first-order valence-electron chi connectivity index (χ1n) is 8.32. The molecule has 1 rings (SSSR count). The second-order valence-corrected chi connectivity index (χ2v) is 5.97. The number of rotatable bonds is 11. The van der Waals surface area contributed by atoms with Crippen LogP contribution in [0.5, 0.6) is 0 Å². The number of benzene rings is 1. The van der Waals surface area contributed by atoms with Gasteiger partial charge in [0, 0.05) is 12.6 Å². The lowest BCUT2D eigenvalue weighted by Gasteiger charge is -2.28. The SMILES string of the molecule is CCCNC(CN(CC)CCCN(C)C)c1ccccc1. The van der Waals surface area contributed by atoms with Crippen LogP contribution in [0.1, 0.15) is 38.3 Å². The summed E-state index contributed by atoms with van der Waals surface area (Å²) in [5, 5.41) is 3.70. The molecule has 0 aliphatic heterocycles. The van der Waals surface area contributed by atoms with Gasteiger partial charge in [-0.3, -0.25) is 0 Å². The molecule has 1 atom stereocenters. The van der Waals surface area contributed by atoms with Crippen molar-refractivity contribution in [1.82, 2.24) is 15.1 Å². The monoisotopic (exact) mass is 291 g/mol. The Kier molecular flexibility index (Phi) is 9.31. The topological polar surface area (TPSA) is 18.5 Å². The Morgan fingerprint density at radius 1 is 1.05 bits per heavy atom. The Morgan fingerprint density at radius 3 is 2.33 bits per heavy atom. The highest BCUT2D eigenvalue weighted by molar-refractivity contribution is 5.19. The second-order valence-electron chi connectivity index (χ2n) is 5.97. The van der Waals surface area contributed by atoms with Gasteiger partial charge in [0.25, 0.3) is 0 Å². The van der Waals surface area contributed by atoms with E-state index in [-0.39, 0.29) is 0 Å². The number of hydrogen-bond donors (Lipinski definition) is 1. The normalized spacial score (nSPS) is 13.0. The van der Waals surface area contributed by atoms with E-state index >= 15 is 0 Å². The minimum Gasteiger partial charge on any atom is -0.309 e. The van der Waals surface area contributed by atoms with Gasteiger partial charge in [-0.25, -0.2) is 0 Å². The van der Waals surface area contributed by atoms with E-state index in [2.05, 4.69) is 73.4 Å². The molecule has 0 spiro atoms. The maximum atomic E-state index is 3.70. The molecule has 21 heavy (non-hydrogen) atoms. The van der Waals surface area contributed by atoms with Gasteiger partial charge in [-0.1, -0.05) is 44.2 Å². The summed E-state index contributed by atoms with van der Waals surface area (Å²) in [6, 6.07) is 11.3. The third kappa shape index (κ3) is 7.60. The molecule has 0 aromatic heterocycles. The number of nitrogens with one attached hydrogen (secondary N) is 1. The predicted octanol–water partition coefficient (Wildman–Crippen LogP) is 3.00. The summed E-state index contributed by atoms with van der Waals surface area (Å²) in [6.45, 7) is 10.1. The summed E-state index contributed by atoms with van der Waals surface area (Å²) in [4.78, 5) is 4.82. The Morgan fingerprint density at radius 2 is 1.76 bits per heavy atom. The summed E-state index contributed by atoms with van der Waals surface area (Å²) in [5.41, 5.74) is 1.40. The quantitative estimate of drug-likeness (QED) is 0.676. The molecule has 0 saturated heterocycles. The molecular weight excluding hydrogens is 258 g/mol. The fourth-order valence-corrected chi connectivity index (χ4v) is 2.54. The molecule has 0 fully saturated rings. The summed E-state index contributed by atoms with van der Waals surface area (Å²) in [6.07, 6.45) is 2.41. The van der Waals surface area contributed by atoms with E-state index in [1.165, 1.54) is 24.9 Å². The zero-order valence-electron chi connectivity index (χ0n) is 14.3. The van der Waals surface area contributed by atoms with Gasteiger partial charge in [0.1, 0.15) is 0 Å². The first-order chi connectivity index (χ1) is 10.2. The molecule has 1 N–H and O–H groups in total. The van der Waals surface area contributed by atoms with Gasteiger partial charge in [0.2, 0.25) is 0 Å². The van der Waals surface area contributed by atoms with Gasteiger partial charge < -0.3 is 15.1 Å². The molecule has 0 amide bonds. The number of hydrogen-bond acceptors (Lipinski definition) is 3. The van der Waals surface area contributed by atoms with E-state index in [0.29, 0.717) is 6.04 Å². The lowest BCUT2D eigenvalue weighted by molar-refractivity contribution is 0.239. The van der Waals surface area contributed by atoms with E-state index in [1.54, 1.807) is 0 Å².